The topological polar surface area (TPSA) is 102 Å². The lowest BCUT2D eigenvalue weighted by atomic mass is 10.2. The molecule has 8 nitrogen and oxygen atoms in total. The van der Waals surface area contributed by atoms with Gasteiger partial charge in [-0.15, -0.1) is 11.6 Å². The van der Waals surface area contributed by atoms with E-state index < -0.39 is 6.23 Å². The largest absolute Gasteiger partial charge is 0.394 e. The van der Waals surface area contributed by atoms with Crippen LogP contribution >= 0.6 is 11.6 Å². The summed E-state index contributed by atoms with van der Waals surface area (Å²) in [4.78, 5) is 25.1. The van der Waals surface area contributed by atoms with Gasteiger partial charge in [0, 0.05) is 5.56 Å². The number of carbonyl (C=O) groups is 1. The zero-order chi connectivity index (χ0) is 18.1. The lowest BCUT2D eigenvalue weighted by Gasteiger charge is -2.16. The monoisotopic (exact) mass is 373 g/mol. The third-order valence-corrected chi connectivity index (χ3v) is 4.63. The number of amides is 1. The first-order valence-corrected chi connectivity index (χ1v) is 8.55. The Balaban J connectivity index is 1.64. The molecule has 0 aliphatic carbocycles. The molecule has 3 aromatic rings. The van der Waals surface area contributed by atoms with E-state index in [2.05, 4.69) is 20.3 Å². The van der Waals surface area contributed by atoms with Crippen molar-refractivity contribution in [2.24, 2.45) is 0 Å². The molecule has 1 aliphatic heterocycles. The van der Waals surface area contributed by atoms with E-state index in [1.165, 1.54) is 6.33 Å². The molecule has 0 spiro atoms. The molecule has 26 heavy (non-hydrogen) atoms. The first-order chi connectivity index (χ1) is 12.7. The Kier molecular flexibility index (Phi) is 4.54. The lowest BCUT2D eigenvalue weighted by molar-refractivity contribution is -0.0199. The number of carbonyl (C=O) groups excluding carboxylic acids is 1. The maximum absolute atomic E-state index is 12.4. The van der Waals surface area contributed by atoms with E-state index in [0.717, 1.165) is 0 Å². The summed E-state index contributed by atoms with van der Waals surface area (Å²) < 4.78 is 7.46. The van der Waals surface area contributed by atoms with Crippen molar-refractivity contribution in [2.45, 2.75) is 24.1 Å². The van der Waals surface area contributed by atoms with Crippen molar-refractivity contribution in [2.75, 3.05) is 11.9 Å². The summed E-state index contributed by atoms with van der Waals surface area (Å²) >= 11 is 6.35. The number of nitrogens with one attached hydrogen (secondary N) is 1. The number of rotatable bonds is 4. The minimum atomic E-state index is -0.494. The highest BCUT2D eigenvalue weighted by Crippen LogP contribution is 2.34. The van der Waals surface area contributed by atoms with Crippen molar-refractivity contribution in [3.05, 3.63) is 48.5 Å². The summed E-state index contributed by atoms with van der Waals surface area (Å²) in [5, 5.41) is 11.7. The Morgan fingerprint density at radius 1 is 1.31 bits per heavy atom. The number of nitrogens with zero attached hydrogens (tertiary/aromatic N) is 4. The molecule has 0 unspecified atom stereocenters. The number of ether oxygens (including phenoxy) is 1. The second-order valence-electron chi connectivity index (χ2n) is 5.95. The minimum absolute atomic E-state index is 0.0975. The van der Waals surface area contributed by atoms with Crippen LogP contribution in [-0.4, -0.2) is 48.6 Å². The average molecular weight is 374 g/mol. The van der Waals surface area contributed by atoms with Crippen LogP contribution in [0.3, 0.4) is 0 Å². The Morgan fingerprint density at radius 3 is 2.85 bits per heavy atom. The van der Waals surface area contributed by atoms with Crippen LogP contribution in [0.15, 0.2) is 43.0 Å². The molecular formula is C17H16ClN5O3. The average Bonchev–Trinajstić information content (AvgIpc) is 3.26. The first kappa shape index (κ1) is 16.9. The molecule has 0 bridgehead atoms. The predicted octanol–water partition coefficient (Wildman–Crippen LogP) is 1.97. The van der Waals surface area contributed by atoms with Crippen molar-refractivity contribution < 1.29 is 14.6 Å². The number of halogens is 1. The highest BCUT2D eigenvalue weighted by molar-refractivity contribution is 6.21. The second kappa shape index (κ2) is 6.99. The number of alkyl halides is 1. The van der Waals surface area contributed by atoms with Crippen LogP contribution < -0.4 is 5.32 Å². The zero-order valence-electron chi connectivity index (χ0n) is 13.6. The highest BCUT2D eigenvalue weighted by Gasteiger charge is 2.36. The summed E-state index contributed by atoms with van der Waals surface area (Å²) in [6.45, 7) is -0.0975. The molecule has 1 fully saturated rings. The van der Waals surface area contributed by atoms with Crippen LogP contribution in [0.25, 0.3) is 11.2 Å². The number of fused-ring (bicyclic) bond motifs is 1. The molecule has 9 heteroatoms. The molecule has 3 atom stereocenters. The van der Waals surface area contributed by atoms with Crippen molar-refractivity contribution in [3.8, 4) is 0 Å². The third-order valence-electron chi connectivity index (χ3n) is 4.23. The van der Waals surface area contributed by atoms with E-state index in [0.29, 0.717) is 29.0 Å². The van der Waals surface area contributed by atoms with Crippen molar-refractivity contribution in [1.29, 1.82) is 0 Å². The van der Waals surface area contributed by atoms with Gasteiger partial charge in [-0.25, -0.2) is 15.0 Å². The normalized spacial score (nSPS) is 22.6. The van der Waals surface area contributed by atoms with Crippen LogP contribution in [0, 0.1) is 0 Å². The Bertz CT molecular complexity index is 933. The van der Waals surface area contributed by atoms with Gasteiger partial charge in [0.05, 0.1) is 24.4 Å². The zero-order valence-corrected chi connectivity index (χ0v) is 14.4. The van der Waals surface area contributed by atoms with E-state index in [4.69, 9.17) is 16.3 Å². The number of anilines is 1. The number of aliphatic hydroxyl groups is 1. The van der Waals surface area contributed by atoms with Crippen LogP contribution in [0.4, 0.5) is 5.82 Å². The summed E-state index contributed by atoms with van der Waals surface area (Å²) in [7, 11) is 0. The fourth-order valence-electron chi connectivity index (χ4n) is 2.96. The van der Waals surface area contributed by atoms with E-state index in [1.807, 2.05) is 6.07 Å². The van der Waals surface area contributed by atoms with Crippen LogP contribution in [-0.2, 0) is 4.74 Å². The molecule has 3 heterocycles. The molecule has 0 saturated carbocycles. The summed E-state index contributed by atoms with van der Waals surface area (Å²) in [6.07, 6.45) is 2.62. The highest BCUT2D eigenvalue weighted by atomic mass is 35.5. The number of imidazole rings is 1. The fourth-order valence-corrected chi connectivity index (χ4v) is 3.34. The molecule has 2 N–H and O–H groups in total. The van der Waals surface area contributed by atoms with Gasteiger partial charge < -0.3 is 15.2 Å². The van der Waals surface area contributed by atoms with E-state index >= 15 is 0 Å². The van der Waals surface area contributed by atoms with Crippen molar-refractivity contribution in [3.63, 3.8) is 0 Å². The second-order valence-corrected chi connectivity index (χ2v) is 6.51. The Hall–Kier alpha value is -2.55. The Labute approximate surface area is 153 Å². The van der Waals surface area contributed by atoms with Gasteiger partial charge >= 0.3 is 0 Å². The first-order valence-electron chi connectivity index (χ1n) is 8.11. The summed E-state index contributed by atoms with van der Waals surface area (Å²) in [5.41, 5.74) is 1.46. The van der Waals surface area contributed by atoms with Gasteiger partial charge in [-0.1, -0.05) is 18.2 Å². The SMILES string of the molecule is O=C(Nc1ncnc2c1ncn2[C@@H]1O[C@@H](CO)C[C@H]1Cl)c1ccccc1. The van der Waals surface area contributed by atoms with Gasteiger partial charge in [-0.05, 0) is 18.6 Å². The van der Waals surface area contributed by atoms with Crippen molar-refractivity contribution >= 4 is 34.5 Å². The molecule has 134 valence electrons. The van der Waals surface area contributed by atoms with Crippen molar-refractivity contribution in [1.82, 2.24) is 19.5 Å². The number of hydrogen-bond donors (Lipinski definition) is 2. The van der Waals surface area contributed by atoms with Gasteiger partial charge in [-0.3, -0.25) is 9.36 Å². The molecule has 1 aliphatic rings. The fraction of sp³-hybridized carbons (Fsp3) is 0.294. The molecule has 1 saturated heterocycles. The van der Waals surface area contributed by atoms with E-state index in [-0.39, 0.29) is 24.0 Å². The number of benzene rings is 1. The molecule has 4 rings (SSSR count). The standard InChI is InChI=1S/C17H16ClN5O3/c18-12-6-11(7-24)26-17(12)23-9-21-13-14(19-8-20-15(13)23)22-16(25)10-4-2-1-3-5-10/h1-5,8-9,11-12,17,24H,6-7H2,(H,19,20,22,25)/t11-,12-,17-/m1/s1. The molecule has 1 amide bonds. The maximum atomic E-state index is 12.4. The van der Waals surface area contributed by atoms with Gasteiger partial charge in [0.25, 0.3) is 5.91 Å². The predicted molar refractivity (Wildman–Crippen MR) is 95.0 cm³/mol. The molecular weight excluding hydrogens is 358 g/mol. The quantitative estimate of drug-likeness (QED) is 0.678. The summed E-state index contributed by atoms with van der Waals surface area (Å²) in [6, 6.07) is 8.84. The van der Waals surface area contributed by atoms with Crippen LogP contribution in [0.5, 0.6) is 0 Å². The smallest absolute Gasteiger partial charge is 0.256 e. The van der Waals surface area contributed by atoms with Crippen LogP contribution in [0.2, 0.25) is 0 Å². The molecule has 0 radical (unpaired) electrons. The van der Waals surface area contributed by atoms with Gasteiger partial charge in [0.1, 0.15) is 6.33 Å². The van der Waals surface area contributed by atoms with Gasteiger partial charge in [0.15, 0.2) is 23.2 Å². The molecule has 2 aromatic heterocycles. The van der Waals surface area contributed by atoms with E-state index in [1.54, 1.807) is 35.2 Å². The van der Waals surface area contributed by atoms with Crippen LogP contribution in [0.1, 0.15) is 23.0 Å². The number of aromatic nitrogens is 4. The maximum Gasteiger partial charge on any atom is 0.256 e. The number of aliphatic hydroxyl groups excluding tert-OH is 1. The number of hydrogen-bond acceptors (Lipinski definition) is 6. The Morgan fingerprint density at radius 2 is 2.12 bits per heavy atom. The van der Waals surface area contributed by atoms with E-state index in [9.17, 15) is 9.90 Å². The van der Waals surface area contributed by atoms with Gasteiger partial charge in [-0.2, -0.15) is 0 Å². The summed E-state index contributed by atoms with van der Waals surface area (Å²) in [5.74, 6) is 0.0262. The minimum Gasteiger partial charge on any atom is -0.394 e. The third kappa shape index (κ3) is 3.03. The molecule has 1 aromatic carbocycles. The lowest BCUT2D eigenvalue weighted by Crippen LogP contribution is -2.17. The van der Waals surface area contributed by atoms with Gasteiger partial charge in [0.2, 0.25) is 0 Å².